The van der Waals surface area contributed by atoms with Crippen molar-refractivity contribution < 1.29 is 22.7 Å². The van der Waals surface area contributed by atoms with Gasteiger partial charge in [0.25, 0.3) is 0 Å². The molecule has 1 amide bonds. The van der Waals surface area contributed by atoms with E-state index in [0.29, 0.717) is 13.0 Å². The van der Waals surface area contributed by atoms with Crippen LogP contribution in [0, 0.1) is 11.7 Å². The number of hydrogen-bond acceptors (Lipinski definition) is 4. The van der Waals surface area contributed by atoms with Gasteiger partial charge in [-0.1, -0.05) is 6.42 Å². The first kappa shape index (κ1) is 18.8. The fraction of sp³-hybridized carbons (Fsp3) is 0.562. The summed E-state index contributed by atoms with van der Waals surface area (Å²) in [5, 5.41) is 12.4. The van der Waals surface area contributed by atoms with Gasteiger partial charge in [-0.15, -0.1) is 0 Å². The fourth-order valence-corrected chi connectivity index (χ4v) is 3.82. The van der Waals surface area contributed by atoms with Gasteiger partial charge in [0.15, 0.2) is 0 Å². The molecule has 1 saturated carbocycles. The number of sulfonamides is 1. The van der Waals surface area contributed by atoms with Crippen molar-refractivity contribution in [2.24, 2.45) is 5.92 Å². The Hall–Kier alpha value is -1.51. The molecule has 0 aliphatic heterocycles. The van der Waals surface area contributed by atoms with Crippen LogP contribution in [-0.2, 0) is 14.8 Å². The SMILES string of the molecule is O=C(CCNS(=O)(=O)c1ccc(F)cc1)NC[C@H]1CCC[C@H](O)C1. The van der Waals surface area contributed by atoms with Crippen LogP contribution in [0.5, 0.6) is 0 Å². The second-order valence-electron chi connectivity index (χ2n) is 6.09. The van der Waals surface area contributed by atoms with Crippen molar-refractivity contribution in [3.05, 3.63) is 30.1 Å². The fourth-order valence-electron chi connectivity index (χ4n) is 2.79. The number of aliphatic hydroxyl groups excluding tert-OH is 1. The second-order valence-corrected chi connectivity index (χ2v) is 7.86. The summed E-state index contributed by atoms with van der Waals surface area (Å²) in [4.78, 5) is 11.7. The Kier molecular flexibility index (Phi) is 6.70. The van der Waals surface area contributed by atoms with Crippen molar-refractivity contribution in [1.29, 1.82) is 0 Å². The molecular formula is C16H23FN2O4S. The second kappa shape index (κ2) is 8.55. The molecule has 0 spiro atoms. The summed E-state index contributed by atoms with van der Waals surface area (Å²) in [6, 6.07) is 4.48. The lowest BCUT2D eigenvalue weighted by Crippen LogP contribution is -2.35. The molecule has 0 heterocycles. The summed E-state index contributed by atoms with van der Waals surface area (Å²) in [6.45, 7) is 0.472. The van der Waals surface area contributed by atoms with Gasteiger partial charge in [0, 0.05) is 19.5 Å². The molecule has 2 rings (SSSR count). The Morgan fingerprint density at radius 2 is 1.96 bits per heavy atom. The molecule has 1 aromatic carbocycles. The lowest BCUT2D eigenvalue weighted by molar-refractivity contribution is -0.121. The van der Waals surface area contributed by atoms with Crippen molar-refractivity contribution in [2.45, 2.75) is 43.1 Å². The molecule has 1 aliphatic rings. The largest absolute Gasteiger partial charge is 0.393 e. The highest BCUT2D eigenvalue weighted by Gasteiger charge is 2.20. The maximum Gasteiger partial charge on any atom is 0.240 e. The first-order valence-corrected chi connectivity index (χ1v) is 9.55. The van der Waals surface area contributed by atoms with Crippen LogP contribution in [0.25, 0.3) is 0 Å². The first-order valence-electron chi connectivity index (χ1n) is 8.07. The number of nitrogens with one attached hydrogen (secondary N) is 2. The Balaban J connectivity index is 1.71. The topological polar surface area (TPSA) is 95.5 Å². The molecule has 24 heavy (non-hydrogen) atoms. The van der Waals surface area contributed by atoms with E-state index in [0.717, 1.165) is 31.4 Å². The Morgan fingerprint density at radius 3 is 2.62 bits per heavy atom. The van der Waals surface area contributed by atoms with E-state index in [1.807, 2.05) is 0 Å². The average Bonchev–Trinajstić information content (AvgIpc) is 2.53. The number of hydrogen-bond donors (Lipinski definition) is 3. The van der Waals surface area contributed by atoms with Crippen LogP contribution >= 0.6 is 0 Å². The summed E-state index contributed by atoms with van der Waals surface area (Å²) >= 11 is 0. The van der Waals surface area contributed by atoms with Gasteiger partial charge in [0.1, 0.15) is 5.82 Å². The van der Waals surface area contributed by atoms with E-state index >= 15 is 0 Å². The van der Waals surface area contributed by atoms with E-state index in [-0.39, 0.29) is 35.8 Å². The van der Waals surface area contributed by atoms with Crippen LogP contribution < -0.4 is 10.0 Å². The normalized spacial score (nSPS) is 21.4. The van der Waals surface area contributed by atoms with E-state index in [1.165, 1.54) is 12.1 Å². The van der Waals surface area contributed by atoms with Crippen LogP contribution in [0.4, 0.5) is 4.39 Å². The minimum absolute atomic E-state index is 0.0235. The predicted molar refractivity (Wildman–Crippen MR) is 87.2 cm³/mol. The van der Waals surface area contributed by atoms with Gasteiger partial charge in [-0.3, -0.25) is 4.79 Å². The Morgan fingerprint density at radius 1 is 1.25 bits per heavy atom. The standard InChI is InChI=1S/C16H23FN2O4S/c17-13-4-6-15(7-5-13)24(22,23)19-9-8-16(21)18-11-12-2-1-3-14(20)10-12/h4-7,12,14,19-20H,1-3,8-11H2,(H,18,21)/t12-,14-/m0/s1. The molecule has 0 aromatic heterocycles. The number of amides is 1. The molecular weight excluding hydrogens is 335 g/mol. The van der Waals surface area contributed by atoms with Crippen molar-refractivity contribution in [2.75, 3.05) is 13.1 Å². The molecule has 3 N–H and O–H groups in total. The minimum atomic E-state index is -3.75. The molecule has 1 aliphatic carbocycles. The molecule has 2 atom stereocenters. The van der Waals surface area contributed by atoms with E-state index in [2.05, 4.69) is 10.0 Å². The molecule has 0 unspecified atom stereocenters. The number of carbonyl (C=O) groups is 1. The lowest BCUT2D eigenvalue weighted by Gasteiger charge is -2.25. The van der Waals surface area contributed by atoms with Gasteiger partial charge in [0.05, 0.1) is 11.0 Å². The van der Waals surface area contributed by atoms with Crippen LogP contribution in [0.1, 0.15) is 32.1 Å². The molecule has 6 nitrogen and oxygen atoms in total. The third-order valence-corrected chi connectivity index (χ3v) is 5.59. The van der Waals surface area contributed by atoms with Crippen molar-refractivity contribution in [3.63, 3.8) is 0 Å². The van der Waals surface area contributed by atoms with E-state index in [1.54, 1.807) is 0 Å². The maximum atomic E-state index is 12.8. The van der Waals surface area contributed by atoms with Crippen LogP contribution in [-0.4, -0.2) is 38.6 Å². The number of rotatable bonds is 7. The molecule has 0 saturated heterocycles. The van der Waals surface area contributed by atoms with Crippen LogP contribution in [0.15, 0.2) is 29.2 Å². The molecule has 134 valence electrons. The summed E-state index contributed by atoms with van der Waals surface area (Å²) in [5.41, 5.74) is 0. The maximum absolute atomic E-state index is 12.8. The quantitative estimate of drug-likeness (QED) is 0.682. The number of benzene rings is 1. The number of aliphatic hydroxyl groups is 1. The monoisotopic (exact) mass is 358 g/mol. The highest BCUT2D eigenvalue weighted by molar-refractivity contribution is 7.89. The highest BCUT2D eigenvalue weighted by Crippen LogP contribution is 2.23. The lowest BCUT2D eigenvalue weighted by atomic mass is 9.87. The van der Waals surface area contributed by atoms with E-state index in [4.69, 9.17) is 0 Å². The zero-order chi connectivity index (χ0) is 17.6. The highest BCUT2D eigenvalue weighted by atomic mass is 32.2. The third-order valence-electron chi connectivity index (χ3n) is 4.11. The first-order chi connectivity index (χ1) is 11.4. The molecule has 0 bridgehead atoms. The van der Waals surface area contributed by atoms with Crippen LogP contribution in [0.2, 0.25) is 0 Å². The van der Waals surface area contributed by atoms with Crippen molar-refractivity contribution in [3.8, 4) is 0 Å². The molecule has 1 fully saturated rings. The number of carbonyl (C=O) groups excluding carboxylic acids is 1. The van der Waals surface area contributed by atoms with Gasteiger partial charge >= 0.3 is 0 Å². The predicted octanol–water partition coefficient (Wildman–Crippen LogP) is 1.16. The Labute approximate surface area is 141 Å². The van der Waals surface area contributed by atoms with Crippen molar-refractivity contribution >= 4 is 15.9 Å². The van der Waals surface area contributed by atoms with E-state index < -0.39 is 15.8 Å². The molecule has 1 aromatic rings. The zero-order valence-corrected chi connectivity index (χ0v) is 14.2. The smallest absolute Gasteiger partial charge is 0.240 e. The van der Waals surface area contributed by atoms with Gasteiger partial charge in [-0.25, -0.2) is 17.5 Å². The summed E-state index contributed by atoms with van der Waals surface area (Å²) < 4.78 is 39.1. The summed E-state index contributed by atoms with van der Waals surface area (Å²) in [6.07, 6.45) is 3.18. The summed E-state index contributed by atoms with van der Waals surface area (Å²) in [5.74, 6) is -0.480. The third kappa shape index (κ3) is 5.85. The van der Waals surface area contributed by atoms with E-state index in [9.17, 15) is 22.7 Å². The summed E-state index contributed by atoms with van der Waals surface area (Å²) in [7, 11) is -3.75. The van der Waals surface area contributed by atoms with Crippen LogP contribution in [0.3, 0.4) is 0 Å². The van der Waals surface area contributed by atoms with Gasteiger partial charge in [-0.2, -0.15) is 0 Å². The zero-order valence-electron chi connectivity index (χ0n) is 13.4. The number of halogens is 1. The van der Waals surface area contributed by atoms with Crippen molar-refractivity contribution in [1.82, 2.24) is 10.0 Å². The molecule has 8 heteroatoms. The van der Waals surface area contributed by atoms with Gasteiger partial charge in [0.2, 0.25) is 15.9 Å². The van der Waals surface area contributed by atoms with Gasteiger partial charge in [-0.05, 0) is 49.4 Å². The Bertz CT molecular complexity index is 649. The molecule has 0 radical (unpaired) electrons. The average molecular weight is 358 g/mol. The minimum Gasteiger partial charge on any atom is -0.393 e. The van der Waals surface area contributed by atoms with Gasteiger partial charge < -0.3 is 10.4 Å².